The van der Waals surface area contributed by atoms with Gasteiger partial charge in [-0.3, -0.25) is 13.9 Å². The van der Waals surface area contributed by atoms with Crippen LogP contribution in [0.3, 0.4) is 0 Å². The van der Waals surface area contributed by atoms with Gasteiger partial charge in [0, 0.05) is 46.5 Å². The van der Waals surface area contributed by atoms with Gasteiger partial charge in [-0.15, -0.1) is 0 Å². The summed E-state index contributed by atoms with van der Waals surface area (Å²) in [6.45, 7) is 3.55. The van der Waals surface area contributed by atoms with Gasteiger partial charge in [-0.25, -0.2) is 0 Å². The van der Waals surface area contributed by atoms with Crippen molar-refractivity contribution in [3.8, 4) is 5.75 Å². The van der Waals surface area contributed by atoms with E-state index < -0.39 is 10.8 Å². The third-order valence-electron chi connectivity index (χ3n) is 3.39. The quantitative estimate of drug-likeness (QED) is 0.912. The molecule has 0 radical (unpaired) electrons. The molecule has 1 aromatic carbocycles. The number of halogens is 1. The number of carbonyl (C=O) groups excluding carboxylic acids is 1. The summed E-state index contributed by atoms with van der Waals surface area (Å²) >= 11 is 6.04. The summed E-state index contributed by atoms with van der Waals surface area (Å²) in [6, 6.07) is 3.49. The molecule has 116 valence electrons. The average Bonchev–Trinajstić information content (AvgIpc) is 2.45. The molecule has 2 rings (SSSR count). The summed E-state index contributed by atoms with van der Waals surface area (Å²) in [5.74, 6) is 1.70. The van der Waals surface area contributed by atoms with Crippen LogP contribution in [0.25, 0.3) is 0 Å². The van der Waals surface area contributed by atoms with E-state index in [0.29, 0.717) is 47.6 Å². The van der Waals surface area contributed by atoms with Crippen molar-refractivity contribution < 1.29 is 13.7 Å². The number of benzene rings is 1. The minimum absolute atomic E-state index is 0.109. The van der Waals surface area contributed by atoms with Gasteiger partial charge in [0.1, 0.15) is 5.75 Å². The highest BCUT2D eigenvalue weighted by Crippen LogP contribution is 2.30. The standard InChI is InChI=1S/C14H19ClN2O3S/c1-10-7-12(13(20-2)8-11(10)15)16-14(18)9-17-3-5-21(19)6-4-17/h7-8H,3-6,9H2,1-2H3,(H,16,18). The number of methoxy groups -OCH3 is 1. The maximum absolute atomic E-state index is 12.1. The normalized spacial score (nSPS) is 16.7. The first-order valence-corrected chi connectivity index (χ1v) is 8.57. The number of amides is 1. The molecular formula is C14H19ClN2O3S. The second-order valence-electron chi connectivity index (χ2n) is 4.97. The van der Waals surface area contributed by atoms with Gasteiger partial charge in [0.05, 0.1) is 19.3 Å². The Balaban J connectivity index is 1.99. The van der Waals surface area contributed by atoms with E-state index in [0.717, 1.165) is 5.56 Å². The molecule has 0 bridgehead atoms. The third kappa shape index (κ3) is 4.43. The summed E-state index contributed by atoms with van der Waals surface area (Å²) in [4.78, 5) is 14.1. The molecule has 0 saturated carbocycles. The molecule has 0 unspecified atom stereocenters. The van der Waals surface area contributed by atoms with Crippen LogP contribution >= 0.6 is 11.6 Å². The SMILES string of the molecule is COc1cc(Cl)c(C)cc1NC(=O)CN1CCS(=O)CC1. The first-order valence-electron chi connectivity index (χ1n) is 6.71. The molecule has 7 heteroatoms. The molecule has 0 aliphatic carbocycles. The van der Waals surface area contributed by atoms with Crippen molar-refractivity contribution in [1.29, 1.82) is 0 Å². The Morgan fingerprint density at radius 2 is 2.10 bits per heavy atom. The van der Waals surface area contributed by atoms with Gasteiger partial charge in [0.25, 0.3) is 0 Å². The Bertz CT molecular complexity index is 555. The van der Waals surface area contributed by atoms with Crippen molar-refractivity contribution in [3.63, 3.8) is 0 Å². The Kier molecular flexibility index (Phi) is 5.61. The van der Waals surface area contributed by atoms with Gasteiger partial charge in [-0.2, -0.15) is 0 Å². The van der Waals surface area contributed by atoms with Gasteiger partial charge in [0.2, 0.25) is 5.91 Å². The summed E-state index contributed by atoms with van der Waals surface area (Å²) in [6.07, 6.45) is 0. The van der Waals surface area contributed by atoms with Crippen LogP contribution in [0.2, 0.25) is 5.02 Å². The fraction of sp³-hybridized carbons (Fsp3) is 0.500. The number of nitrogens with zero attached hydrogens (tertiary/aromatic N) is 1. The van der Waals surface area contributed by atoms with Crippen molar-refractivity contribution in [3.05, 3.63) is 22.7 Å². The smallest absolute Gasteiger partial charge is 0.238 e. The number of ether oxygens (including phenoxy) is 1. The minimum Gasteiger partial charge on any atom is -0.495 e. The van der Waals surface area contributed by atoms with Crippen LogP contribution in [-0.4, -0.2) is 53.3 Å². The summed E-state index contributed by atoms with van der Waals surface area (Å²) < 4.78 is 16.5. The molecule has 1 aromatic rings. The highest BCUT2D eigenvalue weighted by Gasteiger charge is 2.18. The molecule has 1 amide bonds. The van der Waals surface area contributed by atoms with Crippen molar-refractivity contribution in [2.24, 2.45) is 0 Å². The largest absolute Gasteiger partial charge is 0.495 e. The number of nitrogens with one attached hydrogen (secondary N) is 1. The van der Waals surface area contributed by atoms with Crippen LogP contribution in [0.4, 0.5) is 5.69 Å². The molecule has 5 nitrogen and oxygen atoms in total. The molecule has 1 saturated heterocycles. The second kappa shape index (κ2) is 7.24. The van der Waals surface area contributed by atoms with Gasteiger partial charge in [-0.05, 0) is 18.6 Å². The fourth-order valence-electron chi connectivity index (χ4n) is 2.16. The molecule has 1 aliphatic rings. The third-order valence-corrected chi connectivity index (χ3v) is 5.08. The first-order chi connectivity index (χ1) is 9.99. The minimum atomic E-state index is -0.733. The Morgan fingerprint density at radius 1 is 1.43 bits per heavy atom. The van der Waals surface area contributed by atoms with Crippen LogP contribution < -0.4 is 10.1 Å². The maximum atomic E-state index is 12.1. The second-order valence-corrected chi connectivity index (χ2v) is 7.08. The van der Waals surface area contributed by atoms with E-state index in [-0.39, 0.29) is 5.91 Å². The van der Waals surface area contributed by atoms with E-state index in [2.05, 4.69) is 5.32 Å². The van der Waals surface area contributed by atoms with Crippen molar-refractivity contribution >= 4 is 34.0 Å². The lowest BCUT2D eigenvalue weighted by Crippen LogP contribution is -2.42. The van der Waals surface area contributed by atoms with Gasteiger partial charge >= 0.3 is 0 Å². The first kappa shape index (κ1) is 16.3. The predicted molar refractivity (Wildman–Crippen MR) is 85.7 cm³/mol. The van der Waals surface area contributed by atoms with E-state index in [1.54, 1.807) is 12.1 Å². The molecule has 1 heterocycles. The van der Waals surface area contributed by atoms with E-state index in [4.69, 9.17) is 16.3 Å². The molecule has 21 heavy (non-hydrogen) atoms. The zero-order chi connectivity index (χ0) is 15.4. The van der Waals surface area contributed by atoms with Crippen molar-refractivity contribution in [2.75, 3.05) is 43.6 Å². The zero-order valence-corrected chi connectivity index (χ0v) is 13.7. The number of hydrogen-bond donors (Lipinski definition) is 1. The van der Waals surface area contributed by atoms with Crippen molar-refractivity contribution in [1.82, 2.24) is 4.90 Å². The van der Waals surface area contributed by atoms with E-state index in [1.165, 1.54) is 7.11 Å². The highest BCUT2D eigenvalue weighted by atomic mass is 35.5. The van der Waals surface area contributed by atoms with Gasteiger partial charge in [-0.1, -0.05) is 11.6 Å². The van der Waals surface area contributed by atoms with Crippen LogP contribution in [0, 0.1) is 6.92 Å². The maximum Gasteiger partial charge on any atom is 0.238 e. The molecule has 0 spiro atoms. The van der Waals surface area contributed by atoms with Crippen LogP contribution in [-0.2, 0) is 15.6 Å². The van der Waals surface area contributed by atoms with Gasteiger partial charge in [0.15, 0.2) is 0 Å². The topological polar surface area (TPSA) is 58.6 Å². The fourth-order valence-corrected chi connectivity index (χ4v) is 3.44. The molecule has 1 aliphatic heterocycles. The van der Waals surface area contributed by atoms with E-state index in [9.17, 15) is 9.00 Å². The highest BCUT2D eigenvalue weighted by molar-refractivity contribution is 7.85. The monoisotopic (exact) mass is 330 g/mol. The number of carbonyl (C=O) groups is 1. The average molecular weight is 331 g/mol. The lowest BCUT2D eigenvalue weighted by molar-refractivity contribution is -0.117. The number of hydrogen-bond acceptors (Lipinski definition) is 4. The number of rotatable bonds is 4. The Morgan fingerprint density at radius 3 is 2.71 bits per heavy atom. The number of anilines is 1. The summed E-state index contributed by atoms with van der Waals surface area (Å²) in [5.41, 5.74) is 1.49. The molecule has 0 aromatic heterocycles. The van der Waals surface area contributed by atoms with Crippen molar-refractivity contribution in [2.45, 2.75) is 6.92 Å². The van der Waals surface area contributed by atoms with E-state index in [1.807, 2.05) is 11.8 Å². The molecule has 1 N–H and O–H groups in total. The molecule has 0 atom stereocenters. The predicted octanol–water partition coefficient (Wildman–Crippen LogP) is 1.66. The molecular weight excluding hydrogens is 312 g/mol. The Labute approximate surface area is 132 Å². The van der Waals surface area contributed by atoms with Crippen LogP contribution in [0.1, 0.15) is 5.56 Å². The van der Waals surface area contributed by atoms with E-state index >= 15 is 0 Å². The van der Waals surface area contributed by atoms with Crippen LogP contribution in [0.5, 0.6) is 5.75 Å². The lowest BCUT2D eigenvalue weighted by atomic mass is 10.2. The summed E-state index contributed by atoms with van der Waals surface area (Å²) in [7, 11) is 0.806. The number of aryl methyl sites for hydroxylation is 1. The molecule has 1 fully saturated rings. The lowest BCUT2D eigenvalue weighted by Gasteiger charge is -2.25. The zero-order valence-electron chi connectivity index (χ0n) is 12.1. The van der Waals surface area contributed by atoms with Crippen LogP contribution in [0.15, 0.2) is 12.1 Å². The Hall–Kier alpha value is -1.11. The summed E-state index contributed by atoms with van der Waals surface area (Å²) in [5, 5.41) is 3.45. The van der Waals surface area contributed by atoms with Gasteiger partial charge < -0.3 is 10.1 Å².